The number of piperazine rings is 1. The molecule has 1 aromatic heterocycles. The van der Waals surface area contributed by atoms with Crippen LogP contribution in [0.15, 0.2) is 18.3 Å². The summed E-state index contributed by atoms with van der Waals surface area (Å²) in [4.78, 5) is 17.2. The summed E-state index contributed by atoms with van der Waals surface area (Å²) in [5.74, 6) is 0.0347. The largest absolute Gasteiger partial charge is 0.390 e. The van der Waals surface area contributed by atoms with Crippen LogP contribution in [0.4, 0.5) is 5.69 Å². The number of carbonyl (C=O) groups is 1. The molecular weight excluding hydrogens is 194 g/mol. The number of aliphatic hydroxyl groups is 1. The number of amides is 1. The van der Waals surface area contributed by atoms with E-state index >= 15 is 0 Å². The van der Waals surface area contributed by atoms with Gasteiger partial charge >= 0.3 is 0 Å². The molecule has 2 rings (SSSR count). The Morgan fingerprint density at radius 2 is 2.40 bits per heavy atom. The van der Waals surface area contributed by atoms with Crippen LogP contribution < -0.4 is 10.2 Å². The monoisotopic (exact) mass is 207 g/mol. The molecule has 15 heavy (non-hydrogen) atoms. The molecule has 0 bridgehead atoms. The zero-order valence-electron chi connectivity index (χ0n) is 8.31. The molecule has 0 radical (unpaired) electrons. The molecule has 0 saturated carbocycles. The Balaban J connectivity index is 2.11. The minimum atomic E-state index is -0.0548. The first kappa shape index (κ1) is 9.92. The van der Waals surface area contributed by atoms with Gasteiger partial charge < -0.3 is 15.3 Å². The van der Waals surface area contributed by atoms with Crippen LogP contribution in [-0.2, 0) is 11.4 Å². The van der Waals surface area contributed by atoms with Gasteiger partial charge in [0, 0.05) is 13.1 Å². The molecule has 80 valence electrons. The Morgan fingerprint density at radius 3 is 3.00 bits per heavy atom. The fourth-order valence-corrected chi connectivity index (χ4v) is 1.56. The van der Waals surface area contributed by atoms with Crippen molar-refractivity contribution in [3.8, 4) is 0 Å². The van der Waals surface area contributed by atoms with Gasteiger partial charge in [-0.3, -0.25) is 9.78 Å². The Morgan fingerprint density at radius 1 is 1.53 bits per heavy atom. The van der Waals surface area contributed by atoms with Gasteiger partial charge in [-0.25, -0.2) is 0 Å². The fraction of sp³-hybridized carbons (Fsp3) is 0.400. The molecule has 0 spiro atoms. The molecule has 1 aliphatic heterocycles. The van der Waals surface area contributed by atoms with Crippen LogP contribution in [0.5, 0.6) is 0 Å². The standard InChI is InChI=1S/C10H13N3O2/c14-7-8-1-2-9(5-12-8)13-4-3-11-10(15)6-13/h1-2,5,14H,3-4,6-7H2,(H,11,15). The van der Waals surface area contributed by atoms with Crippen LogP contribution in [-0.4, -0.2) is 35.6 Å². The third kappa shape index (κ3) is 2.24. The van der Waals surface area contributed by atoms with Crippen LogP contribution in [0.2, 0.25) is 0 Å². The highest BCUT2D eigenvalue weighted by molar-refractivity contribution is 5.82. The van der Waals surface area contributed by atoms with Crippen molar-refractivity contribution in [1.29, 1.82) is 0 Å². The van der Waals surface area contributed by atoms with E-state index in [9.17, 15) is 4.79 Å². The van der Waals surface area contributed by atoms with Crippen molar-refractivity contribution >= 4 is 11.6 Å². The van der Waals surface area contributed by atoms with E-state index in [1.165, 1.54) is 0 Å². The van der Waals surface area contributed by atoms with E-state index in [1.54, 1.807) is 12.3 Å². The Bertz CT molecular complexity index is 350. The number of hydrogen-bond donors (Lipinski definition) is 2. The van der Waals surface area contributed by atoms with Crippen molar-refractivity contribution in [1.82, 2.24) is 10.3 Å². The molecule has 0 unspecified atom stereocenters. The number of carbonyl (C=O) groups excluding carboxylic acids is 1. The summed E-state index contributed by atoms with van der Waals surface area (Å²) >= 11 is 0. The highest BCUT2D eigenvalue weighted by Gasteiger charge is 2.16. The van der Waals surface area contributed by atoms with Crippen LogP contribution in [0.25, 0.3) is 0 Å². The SMILES string of the molecule is O=C1CN(c2ccc(CO)nc2)CCN1. The zero-order valence-corrected chi connectivity index (χ0v) is 8.31. The van der Waals surface area contributed by atoms with Gasteiger partial charge in [-0.05, 0) is 12.1 Å². The highest BCUT2D eigenvalue weighted by Crippen LogP contribution is 2.13. The lowest BCUT2D eigenvalue weighted by Crippen LogP contribution is -2.47. The first-order valence-corrected chi connectivity index (χ1v) is 4.87. The van der Waals surface area contributed by atoms with Crippen LogP contribution >= 0.6 is 0 Å². The lowest BCUT2D eigenvalue weighted by atomic mass is 10.3. The number of rotatable bonds is 2. The summed E-state index contributed by atoms with van der Waals surface area (Å²) in [6.45, 7) is 1.79. The van der Waals surface area contributed by atoms with E-state index in [-0.39, 0.29) is 12.5 Å². The predicted molar refractivity (Wildman–Crippen MR) is 55.4 cm³/mol. The number of aromatic nitrogens is 1. The topological polar surface area (TPSA) is 65.5 Å². The average molecular weight is 207 g/mol. The molecule has 5 heteroatoms. The fourth-order valence-electron chi connectivity index (χ4n) is 1.56. The van der Waals surface area contributed by atoms with E-state index in [0.29, 0.717) is 18.8 Å². The molecule has 1 aliphatic rings. The van der Waals surface area contributed by atoms with Crippen LogP contribution in [0.1, 0.15) is 5.69 Å². The molecule has 0 aromatic carbocycles. The Hall–Kier alpha value is -1.62. The molecule has 1 fully saturated rings. The van der Waals surface area contributed by atoms with Crippen LogP contribution in [0, 0.1) is 0 Å². The van der Waals surface area contributed by atoms with E-state index < -0.39 is 0 Å². The van der Waals surface area contributed by atoms with E-state index in [0.717, 1.165) is 12.2 Å². The molecule has 5 nitrogen and oxygen atoms in total. The molecule has 0 atom stereocenters. The van der Waals surface area contributed by atoms with Gasteiger partial charge in [0.15, 0.2) is 0 Å². The first-order chi connectivity index (χ1) is 7.29. The normalized spacial score (nSPS) is 16.3. The molecular formula is C10H13N3O2. The van der Waals surface area contributed by atoms with Gasteiger partial charge in [0.25, 0.3) is 0 Å². The second-order valence-electron chi connectivity index (χ2n) is 3.44. The molecule has 2 heterocycles. The third-order valence-electron chi connectivity index (χ3n) is 2.37. The van der Waals surface area contributed by atoms with Gasteiger partial charge in [0.05, 0.1) is 30.7 Å². The number of hydrogen-bond acceptors (Lipinski definition) is 4. The quantitative estimate of drug-likeness (QED) is 0.687. The van der Waals surface area contributed by atoms with Gasteiger partial charge in [-0.15, -0.1) is 0 Å². The number of aliphatic hydroxyl groups excluding tert-OH is 1. The predicted octanol–water partition coefficient (Wildman–Crippen LogP) is -0.490. The molecule has 1 saturated heterocycles. The minimum absolute atomic E-state index is 0.0347. The molecule has 1 aromatic rings. The maximum atomic E-state index is 11.2. The minimum Gasteiger partial charge on any atom is -0.390 e. The Kier molecular flexibility index (Phi) is 2.82. The van der Waals surface area contributed by atoms with E-state index in [4.69, 9.17) is 5.11 Å². The molecule has 0 aliphatic carbocycles. The number of anilines is 1. The summed E-state index contributed by atoms with van der Waals surface area (Å²) in [5, 5.41) is 11.6. The molecule has 2 N–H and O–H groups in total. The zero-order chi connectivity index (χ0) is 10.7. The lowest BCUT2D eigenvalue weighted by Gasteiger charge is -2.28. The number of pyridine rings is 1. The van der Waals surface area contributed by atoms with Crippen molar-refractivity contribution in [2.45, 2.75) is 6.61 Å². The van der Waals surface area contributed by atoms with Crippen molar-refractivity contribution in [2.75, 3.05) is 24.5 Å². The second kappa shape index (κ2) is 4.27. The van der Waals surface area contributed by atoms with Crippen molar-refractivity contribution in [3.05, 3.63) is 24.0 Å². The lowest BCUT2D eigenvalue weighted by molar-refractivity contribution is -0.120. The van der Waals surface area contributed by atoms with Crippen molar-refractivity contribution in [3.63, 3.8) is 0 Å². The summed E-state index contributed by atoms with van der Waals surface area (Å²) in [6, 6.07) is 3.64. The van der Waals surface area contributed by atoms with Gasteiger partial charge in [0.2, 0.25) is 5.91 Å². The summed E-state index contributed by atoms with van der Waals surface area (Å²) in [5.41, 5.74) is 1.56. The maximum absolute atomic E-state index is 11.2. The van der Waals surface area contributed by atoms with Gasteiger partial charge in [-0.1, -0.05) is 0 Å². The summed E-state index contributed by atoms with van der Waals surface area (Å²) in [7, 11) is 0. The second-order valence-corrected chi connectivity index (χ2v) is 3.44. The number of nitrogens with one attached hydrogen (secondary N) is 1. The van der Waals surface area contributed by atoms with Crippen LogP contribution in [0.3, 0.4) is 0 Å². The number of nitrogens with zero attached hydrogens (tertiary/aromatic N) is 2. The third-order valence-corrected chi connectivity index (χ3v) is 2.37. The van der Waals surface area contributed by atoms with E-state index in [2.05, 4.69) is 10.3 Å². The molecule has 1 amide bonds. The Labute approximate surface area is 87.7 Å². The summed E-state index contributed by atoms with van der Waals surface area (Å²) < 4.78 is 0. The van der Waals surface area contributed by atoms with Crippen molar-refractivity contribution in [2.24, 2.45) is 0 Å². The highest BCUT2D eigenvalue weighted by atomic mass is 16.3. The smallest absolute Gasteiger partial charge is 0.239 e. The summed E-state index contributed by atoms with van der Waals surface area (Å²) in [6.07, 6.45) is 1.68. The van der Waals surface area contributed by atoms with Gasteiger partial charge in [0.1, 0.15) is 0 Å². The van der Waals surface area contributed by atoms with Gasteiger partial charge in [-0.2, -0.15) is 0 Å². The van der Waals surface area contributed by atoms with Crippen molar-refractivity contribution < 1.29 is 9.90 Å². The maximum Gasteiger partial charge on any atom is 0.239 e. The van der Waals surface area contributed by atoms with E-state index in [1.807, 2.05) is 11.0 Å². The first-order valence-electron chi connectivity index (χ1n) is 4.87. The average Bonchev–Trinajstić information content (AvgIpc) is 2.29.